The van der Waals surface area contributed by atoms with Crippen LogP contribution in [-0.4, -0.2) is 10.1 Å². The smallest absolute Gasteiger partial charge is 0.362 e. The van der Waals surface area contributed by atoms with Gasteiger partial charge in [0.25, 0.3) is 0 Å². The van der Waals surface area contributed by atoms with Crippen LogP contribution < -0.4 is 5.69 Å². The van der Waals surface area contributed by atoms with Gasteiger partial charge in [0.05, 0.1) is 0 Å². The van der Waals surface area contributed by atoms with Crippen LogP contribution in [0.1, 0.15) is 12.8 Å². The van der Waals surface area contributed by atoms with Crippen LogP contribution in [0.5, 0.6) is 0 Å². The second-order valence-electron chi connectivity index (χ2n) is 1.37. The third-order valence-corrected chi connectivity index (χ3v) is 0.785. The molecule has 44 valence electrons. The van der Waals surface area contributed by atoms with Crippen molar-refractivity contribution in [2.45, 2.75) is 13.3 Å². The largest absolute Gasteiger partial charge is 0.377 e. The van der Waals surface area contributed by atoms with Crippen LogP contribution in [0.3, 0.4) is 0 Å². The molecule has 1 N–H and O–H groups in total. The molecule has 0 atom stereocenters. The second kappa shape index (κ2) is 1.81. The van der Waals surface area contributed by atoms with Gasteiger partial charge in [0.15, 0.2) is 0 Å². The minimum Gasteiger partial charge on any atom is -0.362 e. The van der Waals surface area contributed by atoms with Crippen molar-refractivity contribution >= 4 is 0 Å². The molecule has 1 aromatic rings. The summed E-state index contributed by atoms with van der Waals surface area (Å²) in [4.78, 5) is 13.6. The van der Waals surface area contributed by atoms with Crippen molar-refractivity contribution < 1.29 is 4.52 Å². The van der Waals surface area contributed by atoms with Crippen LogP contribution in [0, 0.1) is 0 Å². The zero-order valence-electron chi connectivity index (χ0n) is 4.47. The Kier molecular flexibility index (Phi) is 1.15. The van der Waals surface area contributed by atoms with E-state index in [4.69, 9.17) is 0 Å². The van der Waals surface area contributed by atoms with E-state index in [2.05, 4.69) is 14.7 Å². The van der Waals surface area contributed by atoms with Crippen molar-refractivity contribution in [3.8, 4) is 0 Å². The summed E-state index contributed by atoms with van der Waals surface area (Å²) in [5, 5.41) is 2.08. The van der Waals surface area contributed by atoms with Crippen molar-refractivity contribution in [3.05, 3.63) is 16.4 Å². The molecule has 0 amide bonds. The Hall–Kier alpha value is -1.06. The molecule has 1 aromatic heterocycles. The number of aromatic nitrogens is 2. The van der Waals surface area contributed by atoms with Crippen molar-refractivity contribution in [3.63, 3.8) is 0 Å². The average molecular weight is 114 g/mol. The van der Waals surface area contributed by atoms with Crippen LogP contribution in [-0.2, 0) is 6.42 Å². The molecular weight excluding hydrogens is 108 g/mol. The maximum Gasteiger partial charge on any atom is 0.377 e. The van der Waals surface area contributed by atoms with E-state index in [-0.39, 0.29) is 0 Å². The summed E-state index contributed by atoms with van der Waals surface area (Å²) in [5.74, 6) is 0.454. The predicted molar refractivity (Wildman–Crippen MR) is 26.5 cm³/mol. The van der Waals surface area contributed by atoms with Gasteiger partial charge in [-0.05, 0) is 0 Å². The molecule has 4 nitrogen and oxygen atoms in total. The maximum absolute atomic E-state index is 10.2. The van der Waals surface area contributed by atoms with Gasteiger partial charge >= 0.3 is 5.69 Å². The molecule has 0 unspecified atom stereocenters. The third-order valence-electron chi connectivity index (χ3n) is 0.785. The normalized spacial score (nSPS) is 9.62. The molecule has 0 aliphatic heterocycles. The van der Waals surface area contributed by atoms with Crippen LogP contribution in [0.25, 0.3) is 0 Å². The van der Waals surface area contributed by atoms with Crippen LogP contribution in [0.2, 0.25) is 0 Å². The Balaban J connectivity index is 3.01. The van der Waals surface area contributed by atoms with Gasteiger partial charge in [-0.25, -0.2) is 4.79 Å². The van der Waals surface area contributed by atoms with E-state index in [1.807, 2.05) is 6.92 Å². The number of aryl methyl sites for hydroxylation is 1. The molecule has 0 bridgehead atoms. The molecule has 0 aromatic carbocycles. The number of nitrogens with zero attached hydrogens (tertiary/aromatic N) is 1. The molecule has 1 rings (SSSR count). The van der Waals surface area contributed by atoms with E-state index >= 15 is 0 Å². The standard InChI is InChI=1S/C4H6N2O2/c1-2-3-5-4(7)6-8-3/h2H2,1H3,(H,6,7). The van der Waals surface area contributed by atoms with Crippen molar-refractivity contribution in [2.75, 3.05) is 0 Å². The monoisotopic (exact) mass is 114 g/mol. The number of H-pyrrole nitrogens is 1. The van der Waals surface area contributed by atoms with Gasteiger partial charge in [-0.2, -0.15) is 10.1 Å². The second-order valence-corrected chi connectivity index (χ2v) is 1.37. The minimum atomic E-state index is -0.415. The van der Waals surface area contributed by atoms with E-state index < -0.39 is 5.69 Å². The molecule has 0 saturated heterocycles. The van der Waals surface area contributed by atoms with E-state index in [1.165, 1.54) is 0 Å². The Morgan fingerprint density at radius 1 is 1.88 bits per heavy atom. The van der Waals surface area contributed by atoms with E-state index in [9.17, 15) is 4.79 Å². The lowest BCUT2D eigenvalue weighted by atomic mass is 10.5. The molecule has 0 aliphatic carbocycles. The summed E-state index contributed by atoms with van der Waals surface area (Å²) in [6.07, 6.45) is 0.652. The van der Waals surface area contributed by atoms with E-state index in [0.717, 1.165) is 0 Å². The van der Waals surface area contributed by atoms with Crippen LogP contribution >= 0.6 is 0 Å². The quantitative estimate of drug-likeness (QED) is 0.555. The number of aromatic amines is 1. The summed E-state index contributed by atoms with van der Waals surface area (Å²) >= 11 is 0. The lowest BCUT2D eigenvalue weighted by Crippen LogP contribution is -2.00. The van der Waals surface area contributed by atoms with Gasteiger partial charge in [-0.15, -0.1) is 0 Å². The lowest BCUT2D eigenvalue weighted by Gasteiger charge is -1.74. The number of hydrogen-bond donors (Lipinski definition) is 1. The molecule has 1 heterocycles. The molecule has 0 fully saturated rings. The zero-order valence-corrected chi connectivity index (χ0v) is 4.47. The minimum absolute atomic E-state index is 0.415. The highest BCUT2D eigenvalue weighted by atomic mass is 16.5. The molecule has 8 heavy (non-hydrogen) atoms. The third kappa shape index (κ3) is 0.776. The molecular formula is C4H6N2O2. The fraction of sp³-hybridized carbons (Fsp3) is 0.500. The number of nitrogens with one attached hydrogen (secondary N) is 1. The predicted octanol–water partition coefficient (Wildman–Crippen LogP) is -0.0747. The highest BCUT2D eigenvalue weighted by Crippen LogP contribution is 1.84. The van der Waals surface area contributed by atoms with Crippen molar-refractivity contribution in [1.82, 2.24) is 10.1 Å². The first-order valence-corrected chi connectivity index (χ1v) is 2.37. The van der Waals surface area contributed by atoms with Crippen LogP contribution in [0.15, 0.2) is 9.32 Å². The van der Waals surface area contributed by atoms with Crippen molar-refractivity contribution in [1.29, 1.82) is 0 Å². The van der Waals surface area contributed by atoms with Gasteiger partial charge in [-0.3, -0.25) is 0 Å². The zero-order chi connectivity index (χ0) is 5.98. The fourth-order valence-electron chi connectivity index (χ4n) is 0.413. The van der Waals surface area contributed by atoms with Crippen LogP contribution in [0.4, 0.5) is 0 Å². The highest BCUT2D eigenvalue weighted by Gasteiger charge is 1.93. The molecule has 0 radical (unpaired) electrons. The Morgan fingerprint density at radius 3 is 2.88 bits per heavy atom. The molecule has 0 aliphatic rings. The molecule has 0 spiro atoms. The first-order valence-electron chi connectivity index (χ1n) is 2.37. The maximum atomic E-state index is 10.2. The average Bonchev–Trinajstić information content (AvgIpc) is 2.14. The Labute approximate surface area is 45.5 Å². The molecule has 4 heteroatoms. The van der Waals surface area contributed by atoms with E-state index in [1.54, 1.807) is 0 Å². The van der Waals surface area contributed by atoms with Gasteiger partial charge in [0.2, 0.25) is 5.89 Å². The van der Waals surface area contributed by atoms with Gasteiger partial charge in [-0.1, -0.05) is 6.92 Å². The summed E-state index contributed by atoms with van der Waals surface area (Å²) in [6, 6.07) is 0. The fourth-order valence-corrected chi connectivity index (χ4v) is 0.413. The number of rotatable bonds is 1. The summed E-state index contributed by atoms with van der Waals surface area (Å²) in [7, 11) is 0. The van der Waals surface area contributed by atoms with Crippen molar-refractivity contribution in [2.24, 2.45) is 0 Å². The summed E-state index contributed by atoms with van der Waals surface area (Å²) < 4.78 is 4.56. The highest BCUT2D eigenvalue weighted by molar-refractivity contribution is 4.70. The Morgan fingerprint density at radius 2 is 2.62 bits per heavy atom. The number of hydrogen-bond acceptors (Lipinski definition) is 3. The first kappa shape index (κ1) is 5.08. The van der Waals surface area contributed by atoms with Gasteiger partial charge in [0.1, 0.15) is 0 Å². The summed E-state index contributed by atoms with van der Waals surface area (Å²) in [5.41, 5.74) is -0.415. The molecule has 0 saturated carbocycles. The van der Waals surface area contributed by atoms with Gasteiger partial charge in [0, 0.05) is 6.42 Å². The Bertz CT molecular complexity index is 212. The summed E-state index contributed by atoms with van der Waals surface area (Å²) in [6.45, 7) is 1.86. The van der Waals surface area contributed by atoms with E-state index in [0.29, 0.717) is 12.3 Å². The topological polar surface area (TPSA) is 58.9 Å². The van der Waals surface area contributed by atoms with Gasteiger partial charge < -0.3 is 4.52 Å². The first-order chi connectivity index (χ1) is 3.83. The lowest BCUT2D eigenvalue weighted by molar-refractivity contribution is 0.377. The SMILES string of the molecule is CCc1nc(=O)[nH]o1.